The summed E-state index contributed by atoms with van der Waals surface area (Å²) in [6, 6.07) is 0.189. The largest absolute Gasteiger partial charge is 0.462 e. The molecule has 2 aliphatic rings. The predicted molar refractivity (Wildman–Crippen MR) is 66.5 cm³/mol. The van der Waals surface area contributed by atoms with Gasteiger partial charge < -0.3 is 15.8 Å². The summed E-state index contributed by atoms with van der Waals surface area (Å²) in [5, 5.41) is 3.37. The van der Waals surface area contributed by atoms with Crippen molar-refractivity contribution in [3.05, 3.63) is 0 Å². The first-order valence-corrected chi connectivity index (χ1v) is 6.70. The van der Waals surface area contributed by atoms with E-state index >= 15 is 0 Å². The van der Waals surface area contributed by atoms with Gasteiger partial charge in [0.25, 0.3) is 0 Å². The Hall–Kier alpha value is -0.610. The number of piperidine rings is 1. The molecule has 4 heteroatoms. The van der Waals surface area contributed by atoms with Gasteiger partial charge in [-0.1, -0.05) is 13.8 Å². The van der Waals surface area contributed by atoms with Crippen molar-refractivity contribution in [2.45, 2.75) is 51.7 Å². The molecular formula is C13H24N2O2. The monoisotopic (exact) mass is 240 g/mol. The molecule has 2 fully saturated rings. The normalized spacial score (nSPS) is 32.0. The average molecular weight is 240 g/mol. The first-order valence-electron chi connectivity index (χ1n) is 6.70. The quantitative estimate of drug-likeness (QED) is 0.708. The number of nitrogens with two attached hydrogens (primary N) is 1. The number of esters is 1. The zero-order chi connectivity index (χ0) is 12.5. The molecule has 0 unspecified atom stereocenters. The smallest absolute Gasteiger partial charge is 0.308 e. The molecule has 17 heavy (non-hydrogen) atoms. The van der Waals surface area contributed by atoms with E-state index in [1.165, 1.54) is 0 Å². The van der Waals surface area contributed by atoms with Crippen molar-refractivity contribution < 1.29 is 9.53 Å². The molecule has 0 aromatic carbocycles. The van der Waals surface area contributed by atoms with Gasteiger partial charge in [0.15, 0.2) is 0 Å². The van der Waals surface area contributed by atoms with Crippen LogP contribution >= 0.6 is 0 Å². The molecular weight excluding hydrogens is 216 g/mol. The summed E-state index contributed by atoms with van der Waals surface area (Å²) >= 11 is 0. The minimum absolute atomic E-state index is 0.0398. The molecule has 0 aromatic heterocycles. The summed E-state index contributed by atoms with van der Waals surface area (Å²) in [5.74, 6) is -0.135. The topological polar surface area (TPSA) is 64.3 Å². The molecule has 1 saturated heterocycles. The minimum atomic E-state index is -0.0896. The standard InChI is InChI=1S/C13H24N2O2/c1-9(2)12(16)17-10-7-11(14)13(8-10)3-5-15-6-4-13/h9-11,15H,3-8,14H2,1-2H3/t10-,11+/m1/s1. The summed E-state index contributed by atoms with van der Waals surface area (Å²) in [5.41, 5.74) is 6.48. The van der Waals surface area contributed by atoms with Gasteiger partial charge in [-0.3, -0.25) is 4.79 Å². The molecule has 0 aromatic rings. The maximum Gasteiger partial charge on any atom is 0.308 e. The van der Waals surface area contributed by atoms with Crippen molar-refractivity contribution >= 4 is 5.97 Å². The zero-order valence-corrected chi connectivity index (χ0v) is 10.9. The molecule has 1 heterocycles. The average Bonchev–Trinajstić information content (AvgIpc) is 2.56. The Balaban J connectivity index is 1.94. The van der Waals surface area contributed by atoms with E-state index in [0.717, 1.165) is 38.8 Å². The Labute approximate surface area is 103 Å². The van der Waals surface area contributed by atoms with Crippen LogP contribution in [0.15, 0.2) is 0 Å². The van der Waals surface area contributed by atoms with E-state index in [1.807, 2.05) is 13.8 Å². The van der Waals surface area contributed by atoms with Gasteiger partial charge in [0, 0.05) is 12.5 Å². The summed E-state index contributed by atoms with van der Waals surface area (Å²) in [6.07, 6.45) is 4.05. The second kappa shape index (κ2) is 4.94. The van der Waals surface area contributed by atoms with Crippen molar-refractivity contribution in [1.82, 2.24) is 5.32 Å². The van der Waals surface area contributed by atoms with Gasteiger partial charge >= 0.3 is 5.97 Å². The molecule has 1 aliphatic heterocycles. The van der Waals surface area contributed by atoms with E-state index < -0.39 is 0 Å². The van der Waals surface area contributed by atoms with Crippen LogP contribution in [-0.2, 0) is 9.53 Å². The van der Waals surface area contributed by atoms with E-state index in [1.54, 1.807) is 0 Å². The molecule has 1 aliphatic carbocycles. The molecule has 4 nitrogen and oxygen atoms in total. The Morgan fingerprint density at radius 1 is 1.41 bits per heavy atom. The van der Waals surface area contributed by atoms with E-state index in [0.29, 0.717) is 0 Å². The maximum absolute atomic E-state index is 11.6. The van der Waals surface area contributed by atoms with Gasteiger partial charge in [0.2, 0.25) is 0 Å². The molecule has 1 spiro atoms. The van der Waals surface area contributed by atoms with E-state index in [-0.39, 0.29) is 29.4 Å². The molecule has 98 valence electrons. The van der Waals surface area contributed by atoms with Crippen molar-refractivity contribution in [1.29, 1.82) is 0 Å². The lowest BCUT2D eigenvalue weighted by Gasteiger charge is -2.37. The Kier molecular flexibility index (Phi) is 3.73. The van der Waals surface area contributed by atoms with Crippen LogP contribution in [0, 0.1) is 11.3 Å². The summed E-state index contributed by atoms with van der Waals surface area (Å²) < 4.78 is 5.53. The van der Waals surface area contributed by atoms with Gasteiger partial charge in [0.05, 0.1) is 5.92 Å². The van der Waals surface area contributed by atoms with Crippen LogP contribution in [0.2, 0.25) is 0 Å². The maximum atomic E-state index is 11.6. The first-order chi connectivity index (χ1) is 8.03. The number of hydrogen-bond donors (Lipinski definition) is 2. The SMILES string of the molecule is CC(C)C(=O)O[C@@H]1C[C@H](N)C2(CCNCC2)C1. The summed E-state index contributed by atoms with van der Waals surface area (Å²) in [6.45, 7) is 5.83. The van der Waals surface area contributed by atoms with Crippen LogP contribution in [0.4, 0.5) is 0 Å². The number of carbonyl (C=O) groups is 1. The van der Waals surface area contributed by atoms with Gasteiger partial charge in [-0.25, -0.2) is 0 Å². The molecule has 0 amide bonds. The molecule has 2 atom stereocenters. The number of carbonyl (C=O) groups excluding carboxylic acids is 1. The molecule has 1 saturated carbocycles. The highest BCUT2D eigenvalue weighted by Gasteiger charge is 2.47. The van der Waals surface area contributed by atoms with Crippen LogP contribution in [0.25, 0.3) is 0 Å². The minimum Gasteiger partial charge on any atom is -0.462 e. The van der Waals surface area contributed by atoms with E-state index in [4.69, 9.17) is 10.5 Å². The second-order valence-corrected chi connectivity index (χ2v) is 5.87. The van der Waals surface area contributed by atoms with Gasteiger partial charge in [-0.15, -0.1) is 0 Å². The van der Waals surface area contributed by atoms with Crippen LogP contribution in [-0.4, -0.2) is 31.2 Å². The highest BCUT2D eigenvalue weighted by Crippen LogP contribution is 2.45. The predicted octanol–water partition coefficient (Wildman–Crippen LogP) is 1.05. The number of nitrogens with one attached hydrogen (secondary N) is 1. The van der Waals surface area contributed by atoms with E-state index in [2.05, 4.69) is 5.32 Å². The van der Waals surface area contributed by atoms with Crippen LogP contribution in [0.1, 0.15) is 39.5 Å². The van der Waals surface area contributed by atoms with Crippen molar-refractivity contribution in [3.63, 3.8) is 0 Å². The van der Waals surface area contributed by atoms with Crippen molar-refractivity contribution in [3.8, 4) is 0 Å². The lowest BCUT2D eigenvalue weighted by atomic mass is 9.75. The number of ether oxygens (including phenoxy) is 1. The first kappa shape index (κ1) is 12.8. The van der Waals surface area contributed by atoms with E-state index in [9.17, 15) is 4.79 Å². The van der Waals surface area contributed by atoms with Crippen LogP contribution < -0.4 is 11.1 Å². The Morgan fingerprint density at radius 3 is 2.65 bits per heavy atom. The Bertz CT molecular complexity index is 285. The third-order valence-corrected chi connectivity index (χ3v) is 4.29. The zero-order valence-electron chi connectivity index (χ0n) is 10.9. The van der Waals surface area contributed by atoms with Gasteiger partial charge in [0.1, 0.15) is 6.10 Å². The third-order valence-electron chi connectivity index (χ3n) is 4.29. The lowest BCUT2D eigenvalue weighted by molar-refractivity contribution is -0.152. The van der Waals surface area contributed by atoms with Gasteiger partial charge in [-0.05, 0) is 37.8 Å². The molecule has 0 radical (unpaired) electrons. The van der Waals surface area contributed by atoms with Crippen LogP contribution in [0.3, 0.4) is 0 Å². The lowest BCUT2D eigenvalue weighted by Crippen LogP contribution is -2.45. The number of hydrogen-bond acceptors (Lipinski definition) is 4. The number of rotatable bonds is 2. The van der Waals surface area contributed by atoms with Crippen molar-refractivity contribution in [2.24, 2.45) is 17.1 Å². The summed E-state index contributed by atoms with van der Waals surface area (Å²) in [4.78, 5) is 11.6. The fourth-order valence-corrected chi connectivity index (χ4v) is 3.11. The van der Waals surface area contributed by atoms with Crippen molar-refractivity contribution in [2.75, 3.05) is 13.1 Å². The molecule has 2 rings (SSSR count). The fraction of sp³-hybridized carbons (Fsp3) is 0.923. The molecule has 0 bridgehead atoms. The van der Waals surface area contributed by atoms with Crippen LogP contribution in [0.5, 0.6) is 0 Å². The highest BCUT2D eigenvalue weighted by atomic mass is 16.5. The Morgan fingerprint density at radius 2 is 2.06 bits per heavy atom. The molecule has 3 N–H and O–H groups in total. The third kappa shape index (κ3) is 2.63. The summed E-state index contributed by atoms with van der Waals surface area (Å²) in [7, 11) is 0. The van der Waals surface area contributed by atoms with Gasteiger partial charge in [-0.2, -0.15) is 0 Å². The fourth-order valence-electron chi connectivity index (χ4n) is 3.11. The second-order valence-electron chi connectivity index (χ2n) is 5.87. The highest BCUT2D eigenvalue weighted by molar-refractivity contribution is 5.71.